The van der Waals surface area contributed by atoms with Crippen LogP contribution in [0, 0.1) is 5.92 Å². The highest BCUT2D eigenvalue weighted by Crippen LogP contribution is 2.43. The molecule has 7 atom stereocenters. The molecule has 2 heterocycles. The van der Waals surface area contributed by atoms with Gasteiger partial charge >= 0.3 is 19.5 Å². The highest BCUT2D eigenvalue weighted by atomic mass is 31.2. The van der Waals surface area contributed by atoms with E-state index < -0.39 is 74.6 Å². The molecule has 11 N–H and O–H groups in total. The summed E-state index contributed by atoms with van der Waals surface area (Å²) in [5.41, 5.74) is 19.3. The van der Waals surface area contributed by atoms with Crippen molar-refractivity contribution in [2.24, 2.45) is 22.4 Å². The molecule has 1 aliphatic rings. The van der Waals surface area contributed by atoms with Gasteiger partial charge in [-0.3, -0.25) is 18.9 Å². The normalized spacial score (nSPS) is 21.9. The number of aliphatic imine (C=N–C) groups is 1. The minimum absolute atomic E-state index is 0.0530. The average molecular weight is 713 g/mol. The topological polar surface area (TPSA) is 298 Å². The Balaban J connectivity index is 1.38. The smallest absolute Gasteiger partial charge is 0.464 e. The van der Waals surface area contributed by atoms with Crippen molar-refractivity contribution in [1.82, 2.24) is 20.3 Å². The van der Waals surface area contributed by atoms with Crippen molar-refractivity contribution < 1.29 is 47.9 Å². The Morgan fingerprint density at radius 1 is 1.18 bits per heavy atom. The molecule has 1 aromatic heterocycles. The number of phosphoric acid groups is 1. The molecule has 0 bridgehead atoms. The minimum Gasteiger partial charge on any atom is -0.464 e. The number of nitrogens with two attached hydrogens (primary N) is 3. The fourth-order valence-electron chi connectivity index (χ4n) is 4.67. The van der Waals surface area contributed by atoms with Gasteiger partial charge in [0.25, 0.3) is 0 Å². The van der Waals surface area contributed by atoms with Crippen LogP contribution in [-0.4, -0.2) is 92.6 Å². The molecule has 0 aliphatic carbocycles. The predicted octanol–water partition coefficient (Wildman–Crippen LogP) is -1.18. The summed E-state index contributed by atoms with van der Waals surface area (Å²) in [5.74, 6) is -1.43. The van der Waals surface area contributed by atoms with Gasteiger partial charge in [-0.05, 0) is 36.8 Å². The number of carbonyl (C=O) groups excluding carboxylic acids is 2. The number of phosphoric ester groups is 1. The zero-order valence-corrected chi connectivity index (χ0v) is 28.1. The minimum atomic E-state index is -4.83. The maximum absolute atomic E-state index is 12.7. The van der Waals surface area contributed by atoms with Crippen LogP contribution in [-0.2, 0) is 39.2 Å². The molecule has 19 nitrogen and oxygen atoms in total. The number of aliphatic hydroxyl groups is 2. The average Bonchev–Trinajstić information content (AvgIpc) is 3.33. The van der Waals surface area contributed by atoms with E-state index in [-0.39, 0.29) is 37.7 Å². The van der Waals surface area contributed by atoms with Gasteiger partial charge in [0.15, 0.2) is 6.23 Å². The molecule has 20 heteroatoms. The Morgan fingerprint density at radius 2 is 1.90 bits per heavy atom. The number of anilines is 1. The number of benzene rings is 1. The Hall–Kier alpha value is -3.94. The van der Waals surface area contributed by atoms with E-state index in [1.54, 1.807) is 0 Å². The van der Waals surface area contributed by atoms with Gasteiger partial charge in [-0.2, -0.15) is 9.61 Å². The maximum atomic E-state index is 12.7. The SMILES string of the molecule is CC(C)CC(NC(=O)C(N)CCCN=C(N)NOP(=O)(O)OC[C@H]1O[C@@H](n2ccc(N)nc2=O)[C@H](O)[C@@H]1O)C(=O)OCCc1ccccc1. The summed E-state index contributed by atoms with van der Waals surface area (Å²) in [6.07, 6.45) is -3.30. The number of esters is 1. The Morgan fingerprint density at radius 3 is 2.57 bits per heavy atom. The lowest BCUT2D eigenvalue weighted by atomic mass is 10.0. The van der Waals surface area contributed by atoms with E-state index in [0.717, 1.165) is 10.1 Å². The number of aliphatic hydroxyl groups excluding tert-OH is 2. The summed E-state index contributed by atoms with van der Waals surface area (Å²) in [6.45, 7) is 3.33. The predicted molar refractivity (Wildman–Crippen MR) is 175 cm³/mol. The highest BCUT2D eigenvalue weighted by molar-refractivity contribution is 7.47. The van der Waals surface area contributed by atoms with Crippen molar-refractivity contribution in [2.75, 3.05) is 25.5 Å². The summed E-state index contributed by atoms with van der Waals surface area (Å²) in [4.78, 5) is 54.9. The van der Waals surface area contributed by atoms with Crippen molar-refractivity contribution in [3.8, 4) is 0 Å². The van der Waals surface area contributed by atoms with Crippen molar-refractivity contribution in [2.45, 2.75) is 76.2 Å². The molecule has 1 aliphatic heterocycles. The van der Waals surface area contributed by atoms with Crippen LogP contribution in [0.2, 0.25) is 0 Å². The molecular formula is C29H45N8O11P. The second kappa shape index (κ2) is 18.7. The van der Waals surface area contributed by atoms with Gasteiger partial charge in [-0.1, -0.05) is 44.2 Å². The van der Waals surface area contributed by atoms with E-state index in [1.165, 1.54) is 12.3 Å². The zero-order chi connectivity index (χ0) is 36.1. The lowest BCUT2D eigenvalue weighted by Gasteiger charge is -2.21. The molecule has 49 heavy (non-hydrogen) atoms. The number of ether oxygens (including phenoxy) is 2. The van der Waals surface area contributed by atoms with Crippen molar-refractivity contribution in [3.63, 3.8) is 0 Å². The third-order valence-corrected chi connectivity index (χ3v) is 8.01. The molecule has 0 saturated carbocycles. The van der Waals surface area contributed by atoms with Crippen molar-refractivity contribution in [3.05, 3.63) is 58.6 Å². The number of guanidine groups is 1. The molecule has 3 rings (SSSR count). The number of rotatable bonds is 18. The van der Waals surface area contributed by atoms with Crippen LogP contribution in [0.4, 0.5) is 5.82 Å². The van der Waals surface area contributed by atoms with Crippen LogP contribution in [0.25, 0.3) is 0 Å². The molecular weight excluding hydrogens is 667 g/mol. The van der Waals surface area contributed by atoms with Gasteiger partial charge in [0.2, 0.25) is 11.9 Å². The summed E-state index contributed by atoms with van der Waals surface area (Å²) in [6, 6.07) is 9.01. The standard InChI is InChI=1S/C29H45N8O11P/c1-17(2)15-20(27(41)45-14-11-18-7-4-3-5-8-18)34-25(40)19(30)9-6-12-33-28(32)36-48-49(43,44)46-16-21-23(38)24(39)26(47-21)37-13-10-22(31)35-29(37)42/h3-5,7-8,10,13,17,19-21,23-24,26,38-39H,6,9,11-12,14-16,30H2,1-2H3,(H,34,40)(H,43,44)(H2,31,35,42)(H3,32,33,36)/t19?,20?,21-,23-,24-,26-/m1/s1. The van der Waals surface area contributed by atoms with E-state index in [2.05, 4.69) is 19.9 Å². The lowest BCUT2D eigenvalue weighted by molar-refractivity contribution is -0.148. The lowest BCUT2D eigenvalue weighted by Crippen LogP contribution is -2.49. The summed E-state index contributed by atoms with van der Waals surface area (Å²) < 4.78 is 33.4. The molecule has 1 aromatic carbocycles. The largest absolute Gasteiger partial charge is 0.493 e. The monoisotopic (exact) mass is 712 g/mol. The van der Waals surface area contributed by atoms with Gasteiger partial charge in [0, 0.05) is 19.2 Å². The molecule has 2 aromatic rings. The van der Waals surface area contributed by atoms with Crippen LogP contribution < -0.4 is 33.7 Å². The third-order valence-electron chi connectivity index (χ3n) is 7.21. The number of nitrogen functional groups attached to an aromatic ring is 1. The van der Waals surface area contributed by atoms with E-state index in [4.69, 9.17) is 31.2 Å². The van der Waals surface area contributed by atoms with Crippen LogP contribution in [0.3, 0.4) is 0 Å². The van der Waals surface area contributed by atoms with Crippen LogP contribution in [0.1, 0.15) is 44.9 Å². The first-order valence-electron chi connectivity index (χ1n) is 15.5. The number of carbonyl (C=O) groups is 2. The van der Waals surface area contributed by atoms with Crippen molar-refractivity contribution >= 4 is 31.5 Å². The Kier molecular flexibility index (Phi) is 15.1. The van der Waals surface area contributed by atoms with Gasteiger partial charge < -0.3 is 47.1 Å². The number of amides is 1. The fraction of sp³-hybridized carbons (Fsp3) is 0.552. The second-order valence-electron chi connectivity index (χ2n) is 11.7. The van der Waals surface area contributed by atoms with Gasteiger partial charge in [-0.15, -0.1) is 0 Å². The second-order valence-corrected chi connectivity index (χ2v) is 13.0. The van der Waals surface area contributed by atoms with Crippen LogP contribution >= 0.6 is 7.82 Å². The Labute approximate surface area is 282 Å². The number of nitrogens with zero attached hydrogens (tertiary/aromatic N) is 3. The van der Waals surface area contributed by atoms with E-state index in [1.807, 2.05) is 49.7 Å². The summed E-state index contributed by atoms with van der Waals surface area (Å²) in [5, 5.41) is 23.2. The number of hydroxylamine groups is 1. The van der Waals surface area contributed by atoms with Gasteiger partial charge in [-0.25, -0.2) is 19.6 Å². The fourth-order valence-corrected chi connectivity index (χ4v) is 5.26. The molecule has 0 radical (unpaired) electrons. The quantitative estimate of drug-likeness (QED) is 0.0225. The van der Waals surface area contributed by atoms with Gasteiger partial charge in [0.05, 0.1) is 19.3 Å². The van der Waals surface area contributed by atoms with Gasteiger partial charge in [0.1, 0.15) is 30.2 Å². The van der Waals surface area contributed by atoms with E-state index in [9.17, 15) is 34.1 Å². The first-order valence-corrected chi connectivity index (χ1v) is 17.0. The molecule has 1 amide bonds. The number of aromatic nitrogens is 2. The van der Waals surface area contributed by atoms with E-state index in [0.29, 0.717) is 12.8 Å². The van der Waals surface area contributed by atoms with Crippen molar-refractivity contribution in [1.29, 1.82) is 0 Å². The molecule has 3 unspecified atom stereocenters. The highest BCUT2D eigenvalue weighted by Gasteiger charge is 2.45. The molecule has 0 spiro atoms. The Bertz CT molecular complexity index is 1510. The van der Waals surface area contributed by atoms with Crippen LogP contribution in [0.5, 0.6) is 0 Å². The molecule has 1 fully saturated rings. The first-order chi connectivity index (χ1) is 23.2. The third kappa shape index (κ3) is 12.8. The maximum Gasteiger partial charge on any atom is 0.493 e. The zero-order valence-electron chi connectivity index (χ0n) is 27.2. The van der Waals surface area contributed by atoms with Crippen LogP contribution in [0.15, 0.2) is 52.4 Å². The number of hydrogen-bond donors (Lipinski definition) is 8. The molecule has 1 saturated heterocycles. The van der Waals surface area contributed by atoms with E-state index >= 15 is 0 Å². The number of nitrogens with one attached hydrogen (secondary N) is 2. The molecule has 272 valence electrons. The first kappa shape index (κ1) is 39.5. The number of hydrogen-bond acceptors (Lipinski definition) is 14. The summed E-state index contributed by atoms with van der Waals surface area (Å²) >= 11 is 0. The summed E-state index contributed by atoms with van der Waals surface area (Å²) in [7, 11) is -4.83.